The third-order valence-electron chi connectivity index (χ3n) is 3.49. The molecule has 2 N–H and O–H groups in total. The van der Waals surface area contributed by atoms with Gasteiger partial charge in [0.25, 0.3) is 0 Å². The lowest BCUT2D eigenvalue weighted by atomic mass is 9.80. The molecule has 1 fully saturated rings. The Morgan fingerprint density at radius 1 is 1.44 bits per heavy atom. The highest BCUT2D eigenvalue weighted by molar-refractivity contribution is 5.73. The number of piperidine rings is 1. The molecule has 0 bridgehead atoms. The van der Waals surface area contributed by atoms with Gasteiger partial charge in [0.15, 0.2) is 0 Å². The number of aliphatic hydroxyl groups is 1. The minimum absolute atomic E-state index is 0.0352. The Hall–Kier alpha value is -0.610. The molecule has 0 spiro atoms. The highest BCUT2D eigenvalue weighted by atomic mass is 16.6. The Balaban J connectivity index is 2.64. The SMILES string of the molecule is CC[C@H]1CN[C@@H](CCO)C[C@H]1C(=O)OC(C)(C)C. The predicted octanol–water partition coefficient (Wildman–Crippen LogP) is 1.71. The van der Waals surface area contributed by atoms with Crippen LogP contribution in [-0.2, 0) is 9.53 Å². The number of aliphatic hydroxyl groups excluding tert-OH is 1. The average molecular weight is 257 g/mol. The fourth-order valence-electron chi connectivity index (χ4n) is 2.51. The molecule has 1 aliphatic rings. The molecule has 0 aliphatic carbocycles. The Morgan fingerprint density at radius 3 is 2.61 bits per heavy atom. The van der Waals surface area contributed by atoms with Gasteiger partial charge in [-0.05, 0) is 46.1 Å². The predicted molar refractivity (Wildman–Crippen MR) is 71.2 cm³/mol. The molecule has 4 heteroatoms. The Morgan fingerprint density at radius 2 is 2.11 bits per heavy atom. The monoisotopic (exact) mass is 257 g/mol. The smallest absolute Gasteiger partial charge is 0.309 e. The van der Waals surface area contributed by atoms with E-state index in [1.807, 2.05) is 20.8 Å². The van der Waals surface area contributed by atoms with Crippen LogP contribution in [0.2, 0.25) is 0 Å². The lowest BCUT2D eigenvalue weighted by molar-refractivity contribution is -0.163. The number of nitrogens with one attached hydrogen (secondary N) is 1. The molecule has 0 aromatic carbocycles. The molecule has 106 valence electrons. The largest absolute Gasteiger partial charge is 0.460 e. The zero-order valence-electron chi connectivity index (χ0n) is 12.0. The van der Waals surface area contributed by atoms with Gasteiger partial charge in [-0.1, -0.05) is 13.3 Å². The quantitative estimate of drug-likeness (QED) is 0.753. The van der Waals surface area contributed by atoms with E-state index in [1.165, 1.54) is 0 Å². The molecule has 1 rings (SSSR count). The Bertz CT molecular complexity index is 273. The first-order valence-corrected chi connectivity index (χ1v) is 6.94. The molecule has 0 radical (unpaired) electrons. The van der Waals surface area contributed by atoms with Crippen molar-refractivity contribution in [2.45, 2.75) is 58.6 Å². The minimum Gasteiger partial charge on any atom is -0.460 e. The van der Waals surface area contributed by atoms with Gasteiger partial charge >= 0.3 is 5.97 Å². The minimum atomic E-state index is -0.424. The van der Waals surface area contributed by atoms with Crippen LogP contribution in [0.5, 0.6) is 0 Å². The molecular weight excluding hydrogens is 230 g/mol. The van der Waals surface area contributed by atoms with E-state index < -0.39 is 5.60 Å². The van der Waals surface area contributed by atoms with Crippen LogP contribution in [0.1, 0.15) is 47.0 Å². The van der Waals surface area contributed by atoms with Crippen LogP contribution < -0.4 is 5.32 Å². The molecule has 0 aromatic rings. The van der Waals surface area contributed by atoms with Gasteiger partial charge in [-0.25, -0.2) is 0 Å². The van der Waals surface area contributed by atoms with Crippen LogP contribution in [0.15, 0.2) is 0 Å². The second kappa shape index (κ2) is 6.53. The van der Waals surface area contributed by atoms with Gasteiger partial charge in [-0.15, -0.1) is 0 Å². The third-order valence-corrected chi connectivity index (χ3v) is 3.49. The van der Waals surface area contributed by atoms with E-state index in [4.69, 9.17) is 9.84 Å². The van der Waals surface area contributed by atoms with Gasteiger partial charge < -0.3 is 15.2 Å². The van der Waals surface area contributed by atoms with E-state index in [2.05, 4.69) is 12.2 Å². The molecule has 1 aliphatic heterocycles. The standard InChI is InChI=1S/C14H27NO3/c1-5-10-9-15-11(6-7-16)8-12(10)13(17)18-14(2,3)4/h10-12,15-16H,5-9H2,1-4H3/t10-,11-,12+/m0/s1. The van der Waals surface area contributed by atoms with Crippen molar-refractivity contribution in [3.05, 3.63) is 0 Å². The lowest BCUT2D eigenvalue weighted by Crippen LogP contribution is -2.48. The Kier molecular flexibility index (Phi) is 5.60. The summed E-state index contributed by atoms with van der Waals surface area (Å²) in [5.74, 6) is 0.223. The highest BCUT2D eigenvalue weighted by Gasteiger charge is 2.36. The van der Waals surface area contributed by atoms with E-state index in [0.717, 1.165) is 19.4 Å². The van der Waals surface area contributed by atoms with E-state index >= 15 is 0 Å². The molecule has 1 heterocycles. The van der Waals surface area contributed by atoms with Crippen LogP contribution in [0.3, 0.4) is 0 Å². The topological polar surface area (TPSA) is 58.6 Å². The van der Waals surface area contributed by atoms with E-state index in [0.29, 0.717) is 12.3 Å². The van der Waals surface area contributed by atoms with Crippen molar-refractivity contribution < 1.29 is 14.6 Å². The molecule has 0 amide bonds. The fraction of sp³-hybridized carbons (Fsp3) is 0.929. The van der Waals surface area contributed by atoms with Crippen LogP contribution in [0.25, 0.3) is 0 Å². The summed E-state index contributed by atoms with van der Waals surface area (Å²) in [7, 11) is 0. The molecule has 1 saturated heterocycles. The van der Waals surface area contributed by atoms with Gasteiger partial charge in [-0.3, -0.25) is 4.79 Å². The maximum Gasteiger partial charge on any atom is 0.309 e. The van der Waals surface area contributed by atoms with Crippen LogP contribution in [0.4, 0.5) is 0 Å². The summed E-state index contributed by atoms with van der Waals surface area (Å²) in [4.78, 5) is 12.2. The normalized spacial score (nSPS) is 29.1. The summed E-state index contributed by atoms with van der Waals surface area (Å²) in [6, 6.07) is 0.232. The van der Waals surface area contributed by atoms with E-state index in [1.54, 1.807) is 0 Å². The first kappa shape index (κ1) is 15.4. The second-order valence-corrected chi connectivity index (χ2v) is 6.16. The van der Waals surface area contributed by atoms with Gasteiger partial charge in [0, 0.05) is 12.6 Å². The maximum atomic E-state index is 12.2. The summed E-state index contributed by atoms with van der Waals surface area (Å²) in [6.07, 6.45) is 2.45. The van der Waals surface area contributed by atoms with Crippen LogP contribution >= 0.6 is 0 Å². The van der Waals surface area contributed by atoms with Crippen molar-refractivity contribution in [3.8, 4) is 0 Å². The first-order valence-electron chi connectivity index (χ1n) is 6.94. The number of rotatable bonds is 4. The summed E-state index contributed by atoms with van der Waals surface area (Å²) < 4.78 is 5.51. The number of hydrogen-bond donors (Lipinski definition) is 2. The van der Waals surface area contributed by atoms with Gasteiger partial charge in [-0.2, -0.15) is 0 Å². The third kappa shape index (κ3) is 4.58. The summed E-state index contributed by atoms with van der Waals surface area (Å²) in [6.45, 7) is 8.81. The van der Waals surface area contributed by atoms with E-state index in [9.17, 15) is 4.79 Å². The van der Waals surface area contributed by atoms with Crippen molar-refractivity contribution in [2.75, 3.05) is 13.2 Å². The van der Waals surface area contributed by atoms with Crippen molar-refractivity contribution in [3.63, 3.8) is 0 Å². The van der Waals surface area contributed by atoms with Crippen molar-refractivity contribution in [2.24, 2.45) is 11.8 Å². The number of hydrogen-bond acceptors (Lipinski definition) is 4. The number of ether oxygens (including phenoxy) is 1. The molecule has 0 saturated carbocycles. The van der Waals surface area contributed by atoms with Gasteiger partial charge in [0.05, 0.1) is 5.92 Å². The van der Waals surface area contributed by atoms with Crippen LogP contribution in [0, 0.1) is 11.8 Å². The Labute approximate surface area is 110 Å². The van der Waals surface area contributed by atoms with E-state index in [-0.39, 0.29) is 24.5 Å². The second-order valence-electron chi connectivity index (χ2n) is 6.16. The molecule has 0 aromatic heterocycles. The molecule has 0 unspecified atom stereocenters. The summed E-state index contributed by atoms with van der Waals surface area (Å²) in [5, 5.41) is 12.4. The number of carbonyl (C=O) groups is 1. The average Bonchev–Trinajstić information content (AvgIpc) is 2.27. The summed E-state index contributed by atoms with van der Waals surface area (Å²) in [5.41, 5.74) is -0.424. The van der Waals surface area contributed by atoms with Gasteiger partial charge in [0.2, 0.25) is 0 Å². The maximum absolute atomic E-state index is 12.2. The first-order chi connectivity index (χ1) is 8.37. The van der Waals surface area contributed by atoms with Crippen molar-refractivity contribution in [1.29, 1.82) is 0 Å². The number of carbonyl (C=O) groups excluding carboxylic acids is 1. The zero-order chi connectivity index (χ0) is 13.8. The highest BCUT2D eigenvalue weighted by Crippen LogP contribution is 2.28. The molecule has 18 heavy (non-hydrogen) atoms. The molecular formula is C14H27NO3. The molecule has 4 nitrogen and oxygen atoms in total. The van der Waals surface area contributed by atoms with Crippen molar-refractivity contribution >= 4 is 5.97 Å². The van der Waals surface area contributed by atoms with Crippen LogP contribution in [-0.4, -0.2) is 35.9 Å². The van der Waals surface area contributed by atoms with Crippen molar-refractivity contribution in [1.82, 2.24) is 5.32 Å². The fourth-order valence-corrected chi connectivity index (χ4v) is 2.51. The zero-order valence-corrected chi connectivity index (χ0v) is 12.0. The number of esters is 1. The lowest BCUT2D eigenvalue weighted by Gasteiger charge is -2.36. The summed E-state index contributed by atoms with van der Waals surface area (Å²) >= 11 is 0. The van der Waals surface area contributed by atoms with Gasteiger partial charge in [0.1, 0.15) is 5.60 Å². The molecule has 3 atom stereocenters.